The van der Waals surface area contributed by atoms with Gasteiger partial charge in [-0.05, 0) is 24.5 Å². The second-order valence-corrected chi connectivity index (χ2v) is 8.92. The summed E-state index contributed by atoms with van der Waals surface area (Å²) in [5.41, 5.74) is 5.84. The second kappa shape index (κ2) is 11.0. The van der Waals surface area contributed by atoms with Crippen LogP contribution in [-0.2, 0) is 12.7 Å². The Bertz CT molecular complexity index is 1260. The van der Waals surface area contributed by atoms with Crippen LogP contribution >= 0.6 is 0 Å². The first-order valence-corrected chi connectivity index (χ1v) is 12.0. The minimum Gasteiger partial charge on any atom is -0.371 e. The summed E-state index contributed by atoms with van der Waals surface area (Å²) in [4.78, 5) is 32.4. The van der Waals surface area contributed by atoms with E-state index in [1.165, 1.54) is 22.8 Å². The maximum absolute atomic E-state index is 13.8. The molecule has 0 saturated carbocycles. The fourth-order valence-corrected chi connectivity index (χ4v) is 4.50. The number of hydrogen-bond acceptors (Lipinski definition) is 6. The fraction of sp³-hybridized carbons (Fsp3) is 0.346. The quantitative estimate of drug-likeness (QED) is 0.397. The number of halogens is 3. The van der Waals surface area contributed by atoms with Gasteiger partial charge in [0.05, 0.1) is 18.7 Å². The zero-order chi connectivity index (χ0) is 26.6. The summed E-state index contributed by atoms with van der Waals surface area (Å²) in [6.07, 6.45) is -2.96. The van der Waals surface area contributed by atoms with Gasteiger partial charge >= 0.3 is 6.18 Å². The zero-order valence-electron chi connectivity index (χ0n) is 20.4. The Hall–Kier alpha value is -3.86. The molecule has 3 aromatic rings. The smallest absolute Gasteiger partial charge is 0.371 e. The van der Waals surface area contributed by atoms with Crippen LogP contribution in [0.4, 0.5) is 24.9 Å². The topological polar surface area (TPSA) is 105 Å². The Balaban J connectivity index is 1.72. The summed E-state index contributed by atoms with van der Waals surface area (Å²) >= 11 is 0. The van der Waals surface area contributed by atoms with E-state index >= 15 is 0 Å². The summed E-state index contributed by atoms with van der Waals surface area (Å²) in [7, 11) is 1.58. The monoisotopic (exact) mass is 514 g/mol. The summed E-state index contributed by atoms with van der Waals surface area (Å²) in [6.45, 7) is 0.526. The summed E-state index contributed by atoms with van der Waals surface area (Å²) in [5, 5.41) is 5.49. The molecule has 1 aliphatic rings. The third kappa shape index (κ3) is 5.93. The maximum Gasteiger partial charge on any atom is 0.416 e. The Kier molecular flexibility index (Phi) is 7.82. The molecule has 1 unspecified atom stereocenters. The molecule has 8 nitrogen and oxygen atoms in total. The number of Topliss-reactive ketones (excluding diaryl/α,β-unsaturated/α-hetero) is 1. The highest BCUT2D eigenvalue weighted by atomic mass is 19.4. The molecular weight excluding hydrogens is 485 g/mol. The van der Waals surface area contributed by atoms with Crippen LogP contribution in [0, 0.1) is 0 Å². The van der Waals surface area contributed by atoms with E-state index in [9.17, 15) is 22.8 Å². The molecule has 1 aliphatic heterocycles. The number of piperidine rings is 1. The molecule has 1 fully saturated rings. The van der Waals surface area contributed by atoms with Crippen molar-refractivity contribution in [2.45, 2.75) is 31.6 Å². The van der Waals surface area contributed by atoms with Crippen molar-refractivity contribution in [1.82, 2.24) is 14.9 Å². The van der Waals surface area contributed by atoms with Gasteiger partial charge in [0.2, 0.25) is 5.95 Å². The third-order valence-electron chi connectivity index (χ3n) is 6.30. The van der Waals surface area contributed by atoms with Crippen LogP contribution in [-0.4, -0.2) is 54.0 Å². The van der Waals surface area contributed by atoms with E-state index in [0.29, 0.717) is 24.6 Å². The predicted molar refractivity (Wildman–Crippen MR) is 135 cm³/mol. The molecule has 0 radical (unpaired) electrons. The molecule has 1 amide bonds. The minimum atomic E-state index is -4.57. The van der Waals surface area contributed by atoms with Crippen molar-refractivity contribution in [3.05, 3.63) is 77.0 Å². The van der Waals surface area contributed by atoms with E-state index in [1.807, 2.05) is 4.90 Å². The summed E-state index contributed by atoms with van der Waals surface area (Å²) < 4.78 is 42.8. The van der Waals surface area contributed by atoms with E-state index in [0.717, 1.165) is 18.9 Å². The first-order chi connectivity index (χ1) is 17.7. The van der Waals surface area contributed by atoms with E-state index in [-0.39, 0.29) is 42.0 Å². The number of imidazole rings is 1. The van der Waals surface area contributed by atoms with Crippen LogP contribution in [0.2, 0.25) is 0 Å². The molecule has 1 aromatic heterocycles. The van der Waals surface area contributed by atoms with Crippen LogP contribution < -0.4 is 21.3 Å². The minimum absolute atomic E-state index is 0.00739. The normalized spacial score (nSPS) is 15.9. The molecule has 4 rings (SSSR count). The second-order valence-electron chi connectivity index (χ2n) is 8.92. The molecule has 2 heterocycles. The fourth-order valence-electron chi connectivity index (χ4n) is 4.50. The lowest BCUT2D eigenvalue weighted by Crippen LogP contribution is -2.44. The molecule has 2 aromatic carbocycles. The summed E-state index contributed by atoms with van der Waals surface area (Å²) in [6, 6.07) is 13.6. The molecule has 1 saturated heterocycles. The number of aromatic nitrogens is 2. The van der Waals surface area contributed by atoms with Crippen LogP contribution in [0.1, 0.15) is 44.8 Å². The first kappa shape index (κ1) is 26.2. The van der Waals surface area contributed by atoms with Crippen molar-refractivity contribution in [2.75, 3.05) is 36.9 Å². The molecule has 0 spiro atoms. The third-order valence-corrected chi connectivity index (χ3v) is 6.30. The van der Waals surface area contributed by atoms with Crippen LogP contribution in [0.3, 0.4) is 0 Å². The van der Waals surface area contributed by atoms with Gasteiger partial charge in [-0.15, -0.1) is 0 Å². The number of carbonyl (C=O) groups excluding carboxylic acids is 2. The molecular formula is C26H29F3N6O2. The van der Waals surface area contributed by atoms with Gasteiger partial charge < -0.3 is 21.3 Å². The van der Waals surface area contributed by atoms with Gasteiger partial charge in [-0.25, -0.2) is 0 Å². The van der Waals surface area contributed by atoms with Crippen molar-refractivity contribution in [1.29, 1.82) is 0 Å². The van der Waals surface area contributed by atoms with Gasteiger partial charge in [-0.2, -0.15) is 18.2 Å². The highest BCUT2D eigenvalue weighted by Gasteiger charge is 2.34. The van der Waals surface area contributed by atoms with Crippen molar-refractivity contribution in [3.8, 4) is 0 Å². The largest absolute Gasteiger partial charge is 0.416 e. The number of alkyl halides is 3. The molecule has 37 heavy (non-hydrogen) atoms. The van der Waals surface area contributed by atoms with Crippen LogP contribution in [0.5, 0.6) is 0 Å². The number of carbonyl (C=O) groups is 2. The predicted octanol–water partition coefficient (Wildman–Crippen LogP) is 3.53. The maximum atomic E-state index is 13.8. The average Bonchev–Trinajstić information content (AvgIpc) is 3.25. The lowest BCUT2D eigenvalue weighted by molar-refractivity contribution is -0.138. The number of rotatable bonds is 8. The highest BCUT2D eigenvalue weighted by Crippen LogP contribution is 2.34. The number of nitrogens with one attached hydrogen (secondary N) is 2. The van der Waals surface area contributed by atoms with Crippen molar-refractivity contribution in [2.24, 2.45) is 5.73 Å². The Morgan fingerprint density at radius 3 is 2.49 bits per heavy atom. The Labute approximate surface area is 212 Å². The Morgan fingerprint density at radius 2 is 1.81 bits per heavy atom. The highest BCUT2D eigenvalue weighted by molar-refractivity contribution is 6.03. The van der Waals surface area contributed by atoms with Gasteiger partial charge in [0.25, 0.3) is 5.91 Å². The zero-order valence-corrected chi connectivity index (χ0v) is 20.4. The standard InChI is InChI=1S/C26H29F3N6O2/c1-31-23-22(24(37)32-14-21(36)17-8-3-2-4-9-17)35(25(33-23)34-13-7-11-19(30)16-34)15-18-10-5-6-12-20(18)26(27,28)29/h2-6,8-10,12,19,31H,7,11,13-16,30H2,1H3,(H,32,37). The molecule has 11 heteroatoms. The van der Waals surface area contributed by atoms with Gasteiger partial charge in [0.15, 0.2) is 17.3 Å². The lowest BCUT2D eigenvalue weighted by atomic mass is 10.1. The number of benzene rings is 2. The number of ketones is 1. The van der Waals surface area contributed by atoms with Crippen molar-refractivity contribution < 1.29 is 22.8 Å². The molecule has 1 atom stereocenters. The molecule has 4 N–H and O–H groups in total. The number of anilines is 2. The lowest BCUT2D eigenvalue weighted by Gasteiger charge is -2.32. The number of hydrogen-bond donors (Lipinski definition) is 3. The Morgan fingerprint density at radius 1 is 1.11 bits per heavy atom. The van der Waals surface area contributed by atoms with Gasteiger partial charge in [-0.1, -0.05) is 48.5 Å². The number of nitrogens with two attached hydrogens (primary N) is 1. The van der Waals surface area contributed by atoms with Gasteiger partial charge in [-0.3, -0.25) is 14.2 Å². The van der Waals surface area contributed by atoms with Crippen LogP contribution in [0.25, 0.3) is 0 Å². The van der Waals surface area contributed by atoms with E-state index in [2.05, 4.69) is 15.6 Å². The van der Waals surface area contributed by atoms with Crippen molar-refractivity contribution >= 4 is 23.5 Å². The number of amides is 1. The molecule has 196 valence electrons. The van der Waals surface area contributed by atoms with E-state index < -0.39 is 17.6 Å². The average molecular weight is 515 g/mol. The molecule has 0 bridgehead atoms. The van der Waals surface area contributed by atoms with Gasteiger partial charge in [0, 0.05) is 31.7 Å². The summed E-state index contributed by atoms with van der Waals surface area (Å²) in [5.74, 6) is -0.381. The van der Waals surface area contributed by atoms with Crippen molar-refractivity contribution in [3.63, 3.8) is 0 Å². The first-order valence-electron chi connectivity index (χ1n) is 12.0. The van der Waals surface area contributed by atoms with E-state index in [4.69, 9.17) is 5.73 Å². The SMILES string of the molecule is CNc1nc(N2CCCC(N)C2)n(Cc2ccccc2C(F)(F)F)c1C(=O)NCC(=O)c1ccccc1. The van der Waals surface area contributed by atoms with Crippen LogP contribution in [0.15, 0.2) is 54.6 Å². The van der Waals surface area contributed by atoms with E-state index in [1.54, 1.807) is 37.4 Å². The van der Waals surface area contributed by atoms with Gasteiger partial charge in [0.1, 0.15) is 0 Å². The number of nitrogens with zero attached hydrogens (tertiary/aromatic N) is 3. The molecule has 0 aliphatic carbocycles.